The van der Waals surface area contributed by atoms with Crippen LogP contribution in [0.1, 0.15) is 11.5 Å². The number of pyridine rings is 1. The van der Waals surface area contributed by atoms with E-state index in [4.69, 9.17) is 5.73 Å². The molecule has 14 heavy (non-hydrogen) atoms. The van der Waals surface area contributed by atoms with Gasteiger partial charge in [0.15, 0.2) is 0 Å². The summed E-state index contributed by atoms with van der Waals surface area (Å²) in [5.74, 6) is 1.44. The molecule has 2 aromatic rings. The molecular weight excluding hydrogens is 176 g/mol. The first-order chi connectivity index (χ1) is 6.66. The van der Waals surface area contributed by atoms with E-state index in [1.807, 2.05) is 19.9 Å². The van der Waals surface area contributed by atoms with Crippen LogP contribution in [0.15, 0.2) is 18.3 Å². The van der Waals surface area contributed by atoms with Gasteiger partial charge in [-0.3, -0.25) is 0 Å². The molecule has 0 radical (unpaired) electrons. The number of hydrogen-bond donors (Lipinski definition) is 2. The highest BCUT2D eigenvalue weighted by atomic mass is 14.9. The standard InChI is InChI=1S/C10H12N4/c1-6-8(3-4-10(11)13-6)9-5-12-7(2)14-9/h3-5H,1-2H3,(H2,11,13)(H,12,14). The maximum absolute atomic E-state index is 5.57. The smallest absolute Gasteiger partial charge is 0.123 e. The molecule has 2 heterocycles. The van der Waals surface area contributed by atoms with Gasteiger partial charge >= 0.3 is 0 Å². The van der Waals surface area contributed by atoms with Crippen molar-refractivity contribution in [3.8, 4) is 11.3 Å². The summed E-state index contributed by atoms with van der Waals surface area (Å²) in [5.41, 5.74) is 8.51. The van der Waals surface area contributed by atoms with Gasteiger partial charge in [-0.05, 0) is 26.0 Å². The van der Waals surface area contributed by atoms with E-state index < -0.39 is 0 Å². The lowest BCUT2D eigenvalue weighted by molar-refractivity contribution is 1.14. The molecular formula is C10H12N4. The average molecular weight is 188 g/mol. The second-order valence-electron chi connectivity index (χ2n) is 3.25. The third-order valence-electron chi connectivity index (χ3n) is 2.10. The summed E-state index contributed by atoms with van der Waals surface area (Å²) in [6, 6.07) is 3.74. The number of H-pyrrole nitrogens is 1. The minimum Gasteiger partial charge on any atom is -0.384 e. The average Bonchev–Trinajstić information content (AvgIpc) is 2.51. The molecule has 0 fully saturated rings. The highest BCUT2D eigenvalue weighted by Crippen LogP contribution is 2.20. The molecule has 0 saturated heterocycles. The first-order valence-corrected chi connectivity index (χ1v) is 4.42. The van der Waals surface area contributed by atoms with Crippen molar-refractivity contribution in [1.82, 2.24) is 15.0 Å². The van der Waals surface area contributed by atoms with Crippen molar-refractivity contribution in [2.24, 2.45) is 0 Å². The lowest BCUT2D eigenvalue weighted by Crippen LogP contribution is -1.94. The van der Waals surface area contributed by atoms with E-state index in [1.54, 1.807) is 12.3 Å². The molecule has 0 spiro atoms. The number of nitrogen functional groups attached to an aromatic ring is 1. The van der Waals surface area contributed by atoms with Crippen LogP contribution in [-0.4, -0.2) is 15.0 Å². The van der Waals surface area contributed by atoms with Gasteiger partial charge in [-0.1, -0.05) is 0 Å². The van der Waals surface area contributed by atoms with E-state index in [0.717, 1.165) is 22.8 Å². The largest absolute Gasteiger partial charge is 0.384 e. The molecule has 0 saturated carbocycles. The Morgan fingerprint density at radius 1 is 1.29 bits per heavy atom. The molecule has 2 aromatic heterocycles. The van der Waals surface area contributed by atoms with E-state index in [0.29, 0.717) is 5.82 Å². The summed E-state index contributed by atoms with van der Waals surface area (Å²) in [6.07, 6.45) is 1.80. The quantitative estimate of drug-likeness (QED) is 0.715. The van der Waals surface area contributed by atoms with Crippen molar-refractivity contribution in [1.29, 1.82) is 0 Å². The zero-order chi connectivity index (χ0) is 10.1. The molecule has 0 bridgehead atoms. The molecule has 0 aliphatic rings. The van der Waals surface area contributed by atoms with Crippen LogP contribution in [0.5, 0.6) is 0 Å². The number of anilines is 1. The van der Waals surface area contributed by atoms with E-state index >= 15 is 0 Å². The lowest BCUT2D eigenvalue weighted by atomic mass is 10.1. The molecule has 2 rings (SSSR count). The number of aromatic amines is 1. The fourth-order valence-corrected chi connectivity index (χ4v) is 1.42. The Labute approximate surface area is 82.2 Å². The summed E-state index contributed by atoms with van der Waals surface area (Å²) in [5, 5.41) is 0. The minimum atomic E-state index is 0.544. The third-order valence-corrected chi connectivity index (χ3v) is 2.10. The second kappa shape index (κ2) is 3.14. The number of nitrogens with zero attached hydrogens (tertiary/aromatic N) is 2. The Bertz CT molecular complexity index is 459. The van der Waals surface area contributed by atoms with E-state index in [2.05, 4.69) is 15.0 Å². The number of aromatic nitrogens is 3. The minimum absolute atomic E-state index is 0.544. The predicted molar refractivity (Wildman–Crippen MR) is 55.7 cm³/mol. The van der Waals surface area contributed by atoms with Crippen LogP contribution in [0.3, 0.4) is 0 Å². The van der Waals surface area contributed by atoms with E-state index in [9.17, 15) is 0 Å². The predicted octanol–water partition coefficient (Wildman–Crippen LogP) is 1.67. The molecule has 0 aromatic carbocycles. The van der Waals surface area contributed by atoms with Crippen LogP contribution in [0.4, 0.5) is 5.82 Å². The molecule has 0 aliphatic carbocycles. The van der Waals surface area contributed by atoms with Crippen molar-refractivity contribution >= 4 is 5.82 Å². The van der Waals surface area contributed by atoms with Gasteiger partial charge in [-0.2, -0.15) is 0 Å². The Hall–Kier alpha value is -1.84. The first-order valence-electron chi connectivity index (χ1n) is 4.42. The van der Waals surface area contributed by atoms with Crippen LogP contribution >= 0.6 is 0 Å². The normalized spacial score (nSPS) is 10.4. The van der Waals surface area contributed by atoms with Crippen molar-refractivity contribution in [2.45, 2.75) is 13.8 Å². The van der Waals surface area contributed by atoms with Crippen molar-refractivity contribution in [3.05, 3.63) is 29.8 Å². The van der Waals surface area contributed by atoms with Gasteiger partial charge in [0.1, 0.15) is 11.6 Å². The van der Waals surface area contributed by atoms with Gasteiger partial charge in [0.25, 0.3) is 0 Å². The van der Waals surface area contributed by atoms with Crippen LogP contribution in [0.2, 0.25) is 0 Å². The van der Waals surface area contributed by atoms with Gasteiger partial charge in [-0.25, -0.2) is 9.97 Å². The summed E-state index contributed by atoms with van der Waals surface area (Å²) < 4.78 is 0. The summed E-state index contributed by atoms with van der Waals surface area (Å²) in [4.78, 5) is 11.5. The number of aryl methyl sites for hydroxylation is 2. The number of imidazole rings is 1. The van der Waals surface area contributed by atoms with E-state index in [-0.39, 0.29) is 0 Å². The van der Waals surface area contributed by atoms with Gasteiger partial charge in [0.2, 0.25) is 0 Å². The van der Waals surface area contributed by atoms with Crippen molar-refractivity contribution in [2.75, 3.05) is 5.73 Å². The van der Waals surface area contributed by atoms with Crippen LogP contribution in [0.25, 0.3) is 11.3 Å². The number of nitrogens with two attached hydrogens (primary N) is 1. The number of nitrogens with one attached hydrogen (secondary N) is 1. The molecule has 0 unspecified atom stereocenters. The Kier molecular flexibility index (Phi) is 1.96. The fourth-order valence-electron chi connectivity index (χ4n) is 1.42. The first kappa shape index (κ1) is 8.74. The Morgan fingerprint density at radius 3 is 2.64 bits per heavy atom. The molecule has 0 aliphatic heterocycles. The van der Waals surface area contributed by atoms with Gasteiger partial charge < -0.3 is 10.7 Å². The molecule has 72 valence electrons. The molecule has 3 N–H and O–H groups in total. The maximum atomic E-state index is 5.57. The molecule has 0 amide bonds. The monoisotopic (exact) mass is 188 g/mol. The topological polar surface area (TPSA) is 67.6 Å². The lowest BCUT2D eigenvalue weighted by Gasteiger charge is -2.02. The van der Waals surface area contributed by atoms with Crippen molar-refractivity contribution in [3.63, 3.8) is 0 Å². The summed E-state index contributed by atoms with van der Waals surface area (Å²) in [6.45, 7) is 3.85. The molecule has 4 heteroatoms. The fraction of sp³-hybridized carbons (Fsp3) is 0.200. The highest BCUT2D eigenvalue weighted by Gasteiger charge is 2.05. The van der Waals surface area contributed by atoms with Crippen molar-refractivity contribution < 1.29 is 0 Å². The third kappa shape index (κ3) is 1.46. The van der Waals surface area contributed by atoms with Gasteiger partial charge in [0, 0.05) is 11.3 Å². The second-order valence-corrected chi connectivity index (χ2v) is 3.25. The molecule has 0 atom stereocenters. The Balaban J connectivity index is 2.52. The summed E-state index contributed by atoms with van der Waals surface area (Å²) >= 11 is 0. The highest BCUT2D eigenvalue weighted by molar-refractivity contribution is 5.62. The SMILES string of the molecule is Cc1ncc(-c2ccc(N)nc2C)[nH]1. The van der Waals surface area contributed by atoms with Gasteiger partial charge in [0.05, 0.1) is 11.9 Å². The maximum Gasteiger partial charge on any atom is 0.123 e. The zero-order valence-electron chi connectivity index (χ0n) is 8.20. The number of hydrogen-bond acceptors (Lipinski definition) is 3. The zero-order valence-corrected chi connectivity index (χ0v) is 8.20. The van der Waals surface area contributed by atoms with Crippen LogP contribution in [-0.2, 0) is 0 Å². The molecule has 4 nitrogen and oxygen atoms in total. The Morgan fingerprint density at radius 2 is 2.07 bits per heavy atom. The number of rotatable bonds is 1. The van der Waals surface area contributed by atoms with Crippen LogP contribution in [0, 0.1) is 13.8 Å². The van der Waals surface area contributed by atoms with Gasteiger partial charge in [-0.15, -0.1) is 0 Å². The van der Waals surface area contributed by atoms with E-state index in [1.165, 1.54) is 0 Å². The van der Waals surface area contributed by atoms with Crippen LogP contribution < -0.4 is 5.73 Å². The summed E-state index contributed by atoms with van der Waals surface area (Å²) in [7, 11) is 0.